The maximum Gasteiger partial charge on any atom is 0.356 e. The molecule has 0 radical (unpaired) electrons. The van der Waals surface area contributed by atoms with Crippen molar-refractivity contribution in [3.63, 3.8) is 0 Å². The first-order valence-electron chi connectivity index (χ1n) is 9.48. The molecule has 3 rings (SSSR count). The van der Waals surface area contributed by atoms with E-state index in [1.165, 1.54) is 24.6 Å². The number of benzene rings is 1. The van der Waals surface area contributed by atoms with Crippen LogP contribution in [0.1, 0.15) is 43.6 Å². The summed E-state index contributed by atoms with van der Waals surface area (Å²) in [5, 5.41) is 3.24. The van der Waals surface area contributed by atoms with Crippen molar-refractivity contribution >= 4 is 28.5 Å². The molecule has 1 amide bonds. The van der Waals surface area contributed by atoms with Crippen LogP contribution >= 0.6 is 0 Å². The largest absolute Gasteiger partial charge is 0.461 e. The molecular weight excluding hydrogens is 349 g/mol. The summed E-state index contributed by atoms with van der Waals surface area (Å²) in [6.45, 7) is 6.81. The Kier molecular flexibility index (Phi) is 6.11. The fraction of sp³-hybridized carbons (Fsp3) is 0.500. The lowest BCUT2D eigenvalue weighted by atomic mass is 10.0. The highest BCUT2D eigenvalue weighted by Crippen LogP contribution is 2.29. The summed E-state index contributed by atoms with van der Waals surface area (Å²) in [5.74, 6) is -0.568. The lowest BCUT2D eigenvalue weighted by Gasteiger charge is -2.30. The Morgan fingerprint density at radius 1 is 1.41 bits per heavy atom. The van der Waals surface area contributed by atoms with Gasteiger partial charge in [-0.25, -0.2) is 9.18 Å². The van der Waals surface area contributed by atoms with Crippen LogP contribution in [0.4, 0.5) is 10.1 Å². The smallest absolute Gasteiger partial charge is 0.356 e. The Bertz CT molecular complexity index is 833. The van der Waals surface area contributed by atoms with Gasteiger partial charge in [0.05, 0.1) is 12.3 Å². The van der Waals surface area contributed by atoms with Crippen LogP contribution < -0.4 is 5.32 Å². The lowest BCUT2D eigenvalue weighted by molar-refractivity contribution is -0.116. The fourth-order valence-corrected chi connectivity index (χ4v) is 3.60. The minimum atomic E-state index is -0.575. The van der Waals surface area contributed by atoms with Gasteiger partial charge in [-0.2, -0.15) is 0 Å². The van der Waals surface area contributed by atoms with E-state index in [0.29, 0.717) is 29.8 Å². The maximum atomic E-state index is 13.7. The number of aromatic amines is 1. The van der Waals surface area contributed by atoms with Gasteiger partial charge in [0.15, 0.2) is 0 Å². The number of aromatic nitrogens is 1. The summed E-state index contributed by atoms with van der Waals surface area (Å²) < 4.78 is 18.7. The van der Waals surface area contributed by atoms with Crippen LogP contribution in [0.15, 0.2) is 18.2 Å². The molecule has 6 nitrogen and oxygen atoms in total. The molecule has 2 N–H and O–H groups in total. The molecule has 2 heterocycles. The fourth-order valence-electron chi connectivity index (χ4n) is 3.60. The van der Waals surface area contributed by atoms with E-state index >= 15 is 0 Å². The highest BCUT2D eigenvalue weighted by atomic mass is 19.1. The highest BCUT2D eigenvalue weighted by Gasteiger charge is 2.22. The lowest BCUT2D eigenvalue weighted by Crippen LogP contribution is -2.36. The average molecular weight is 375 g/mol. The van der Waals surface area contributed by atoms with Crippen LogP contribution in [-0.2, 0) is 9.53 Å². The third-order valence-electron chi connectivity index (χ3n) is 4.90. The van der Waals surface area contributed by atoms with Crippen molar-refractivity contribution in [3.8, 4) is 0 Å². The molecule has 7 heteroatoms. The summed E-state index contributed by atoms with van der Waals surface area (Å²) >= 11 is 0. The number of hydrogen-bond donors (Lipinski definition) is 2. The number of carbonyl (C=O) groups is 2. The first kappa shape index (κ1) is 19.4. The van der Waals surface area contributed by atoms with Gasteiger partial charge in [0.1, 0.15) is 11.5 Å². The molecule has 1 aromatic heterocycles. The number of nitrogens with zero attached hydrogens (tertiary/aromatic N) is 1. The van der Waals surface area contributed by atoms with Gasteiger partial charge in [-0.3, -0.25) is 4.79 Å². The molecule has 1 saturated heterocycles. The first-order chi connectivity index (χ1) is 13.0. The minimum Gasteiger partial charge on any atom is -0.461 e. The van der Waals surface area contributed by atoms with E-state index in [4.69, 9.17) is 4.74 Å². The van der Waals surface area contributed by atoms with Gasteiger partial charge in [0, 0.05) is 30.4 Å². The van der Waals surface area contributed by atoms with Crippen LogP contribution in [0.5, 0.6) is 0 Å². The van der Waals surface area contributed by atoms with Gasteiger partial charge >= 0.3 is 5.97 Å². The second-order valence-corrected chi connectivity index (χ2v) is 7.13. The van der Waals surface area contributed by atoms with E-state index in [-0.39, 0.29) is 23.9 Å². The number of rotatable bonds is 6. The second kappa shape index (κ2) is 8.52. The summed E-state index contributed by atoms with van der Waals surface area (Å²) in [6.07, 6.45) is 2.70. The molecule has 1 aliphatic rings. The van der Waals surface area contributed by atoms with Crippen molar-refractivity contribution in [2.75, 3.05) is 31.6 Å². The van der Waals surface area contributed by atoms with Crippen molar-refractivity contribution in [1.29, 1.82) is 0 Å². The molecule has 0 spiro atoms. The van der Waals surface area contributed by atoms with Crippen LogP contribution in [0.3, 0.4) is 0 Å². The topological polar surface area (TPSA) is 74.4 Å². The van der Waals surface area contributed by atoms with E-state index in [0.717, 1.165) is 19.5 Å². The number of likely N-dealkylation sites (tertiary alicyclic amines) is 1. The van der Waals surface area contributed by atoms with Gasteiger partial charge in [-0.1, -0.05) is 6.92 Å². The van der Waals surface area contributed by atoms with E-state index in [1.54, 1.807) is 6.92 Å². The molecule has 2 aromatic rings. The third-order valence-corrected chi connectivity index (χ3v) is 4.90. The van der Waals surface area contributed by atoms with E-state index in [9.17, 15) is 14.0 Å². The molecule has 1 atom stereocenters. The summed E-state index contributed by atoms with van der Waals surface area (Å²) in [4.78, 5) is 29.9. The molecule has 0 unspecified atom stereocenters. The molecule has 1 aromatic carbocycles. The summed E-state index contributed by atoms with van der Waals surface area (Å²) in [6, 6.07) is 4.14. The molecule has 0 aliphatic carbocycles. The Morgan fingerprint density at radius 3 is 2.96 bits per heavy atom. The number of carbonyl (C=O) groups excluding carboxylic acids is 2. The van der Waals surface area contributed by atoms with Crippen LogP contribution in [0, 0.1) is 11.7 Å². The van der Waals surface area contributed by atoms with E-state index in [1.807, 2.05) is 0 Å². The predicted octanol–water partition coefficient (Wildman–Crippen LogP) is 3.54. The standard InChI is InChI=1S/C20H26FN3O3/c1-3-27-20(26)19-18(15-11-14(21)6-7-16(15)22-19)23-17(25)8-10-24-9-4-5-13(2)12-24/h6-7,11,13,22H,3-5,8-10,12H2,1-2H3,(H,23,25)/t13-/m1/s1. The highest BCUT2D eigenvalue weighted by molar-refractivity contribution is 6.11. The Morgan fingerprint density at radius 2 is 2.22 bits per heavy atom. The van der Waals surface area contributed by atoms with Crippen molar-refractivity contribution < 1.29 is 18.7 Å². The third kappa shape index (κ3) is 4.66. The van der Waals surface area contributed by atoms with E-state index < -0.39 is 11.8 Å². The predicted molar refractivity (Wildman–Crippen MR) is 102 cm³/mol. The number of hydrogen-bond acceptors (Lipinski definition) is 4. The van der Waals surface area contributed by atoms with Crippen LogP contribution in [-0.4, -0.2) is 48.0 Å². The number of fused-ring (bicyclic) bond motifs is 1. The van der Waals surface area contributed by atoms with Crippen molar-refractivity contribution in [2.45, 2.75) is 33.1 Å². The summed E-state index contributed by atoms with van der Waals surface area (Å²) in [5.41, 5.74) is 0.983. The van der Waals surface area contributed by atoms with Gasteiger partial charge in [0.2, 0.25) is 5.91 Å². The van der Waals surface area contributed by atoms with Gasteiger partial charge in [0.25, 0.3) is 0 Å². The number of amides is 1. The number of nitrogens with one attached hydrogen (secondary N) is 2. The Labute approximate surface area is 158 Å². The molecular formula is C20H26FN3O3. The van der Waals surface area contributed by atoms with Crippen molar-refractivity contribution in [3.05, 3.63) is 29.7 Å². The zero-order valence-electron chi connectivity index (χ0n) is 15.8. The summed E-state index contributed by atoms with van der Waals surface area (Å²) in [7, 11) is 0. The molecule has 0 bridgehead atoms. The molecule has 1 aliphatic heterocycles. The zero-order chi connectivity index (χ0) is 19.4. The van der Waals surface area contributed by atoms with Gasteiger partial charge in [-0.05, 0) is 50.4 Å². The number of anilines is 1. The first-order valence-corrected chi connectivity index (χ1v) is 9.48. The van der Waals surface area contributed by atoms with Crippen LogP contribution in [0.2, 0.25) is 0 Å². The quantitative estimate of drug-likeness (QED) is 0.758. The van der Waals surface area contributed by atoms with Crippen LogP contribution in [0.25, 0.3) is 10.9 Å². The van der Waals surface area contributed by atoms with Crippen molar-refractivity contribution in [1.82, 2.24) is 9.88 Å². The molecule has 146 valence electrons. The zero-order valence-corrected chi connectivity index (χ0v) is 15.8. The SMILES string of the molecule is CCOC(=O)c1[nH]c2ccc(F)cc2c1NC(=O)CCN1CCC[C@@H](C)C1. The molecule has 0 saturated carbocycles. The monoisotopic (exact) mass is 375 g/mol. The number of esters is 1. The average Bonchev–Trinajstić information content (AvgIpc) is 2.98. The maximum absolute atomic E-state index is 13.7. The Balaban J connectivity index is 1.75. The van der Waals surface area contributed by atoms with Gasteiger partial charge in [-0.15, -0.1) is 0 Å². The molecule has 1 fully saturated rings. The molecule has 27 heavy (non-hydrogen) atoms. The van der Waals surface area contributed by atoms with Crippen molar-refractivity contribution in [2.24, 2.45) is 5.92 Å². The Hall–Kier alpha value is -2.41. The number of H-pyrrole nitrogens is 1. The number of ether oxygens (including phenoxy) is 1. The van der Waals surface area contributed by atoms with E-state index in [2.05, 4.69) is 22.1 Å². The normalized spacial score (nSPS) is 17.8. The number of piperidine rings is 1. The minimum absolute atomic E-state index is 0.136. The van der Waals surface area contributed by atoms with Gasteiger partial charge < -0.3 is 19.9 Å². The second-order valence-electron chi connectivity index (χ2n) is 7.13. The number of halogens is 1.